The molecule has 0 spiro atoms. The number of hydrogen-bond donors (Lipinski definition) is 0. The second-order valence-corrected chi connectivity index (χ2v) is 12.0. The molecule has 1 aliphatic carbocycles. The molecule has 11 nitrogen and oxygen atoms in total. The lowest BCUT2D eigenvalue weighted by Crippen LogP contribution is -2.48. The van der Waals surface area contributed by atoms with Gasteiger partial charge in [0.25, 0.3) is 0 Å². The van der Waals surface area contributed by atoms with Gasteiger partial charge in [-0.15, -0.1) is 0 Å². The van der Waals surface area contributed by atoms with Crippen molar-refractivity contribution in [3.05, 3.63) is 77.1 Å². The van der Waals surface area contributed by atoms with E-state index in [2.05, 4.69) is 29.4 Å². The van der Waals surface area contributed by atoms with Crippen molar-refractivity contribution in [2.24, 2.45) is 7.05 Å². The van der Waals surface area contributed by atoms with Crippen molar-refractivity contribution in [3.8, 4) is 11.1 Å². The van der Waals surface area contributed by atoms with E-state index in [9.17, 15) is 14.4 Å². The van der Waals surface area contributed by atoms with Crippen LogP contribution < -0.4 is 0 Å². The van der Waals surface area contributed by atoms with E-state index in [0.29, 0.717) is 5.69 Å². The molecule has 1 aromatic heterocycles. The van der Waals surface area contributed by atoms with Crippen LogP contribution in [0.1, 0.15) is 60.8 Å². The third-order valence-electron chi connectivity index (χ3n) is 7.88. The van der Waals surface area contributed by atoms with Gasteiger partial charge >= 0.3 is 18.2 Å². The summed E-state index contributed by atoms with van der Waals surface area (Å²) in [6.07, 6.45) is -0.0682. The van der Waals surface area contributed by atoms with Crippen LogP contribution in [0.2, 0.25) is 0 Å². The predicted molar refractivity (Wildman–Crippen MR) is 162 cm³/mol. The summed E-state index contributed by atoms with van der Waals surface area (Å²) in [6.45, 7) is 7.74. The molecule has 1 aliphatic heterocycles. The van der Waals surface area contributed by atoms with Crippen LogP contribution in [0, 0.1) is 0 Å². The van der Waals surface area contributed by atoms with Crippen LogP contribution in [0.4, 0.5) is 9.59 Å². The number of carbonyl (C=O) groups excluding carboxylic acids is 3. The van der Waals surface area contributed by atoms with Gasteiger partial charge < -0.3 is 23.8 Å². The minimum atomic E-state index is -0.688. The molecule has 0 radical (unpaired) electrons. The summed E-state index contributed by atoms with van der Waals surface area (Å²) in [5.41, 5.74) is 4.34. The van der Waals surface area contributed by atoms with E-state index < -0.39 is 35.9 Å². The predicted octanol–water partition coefficient (Wildman–Crippen LogP) is 4.98. The largest absolute Gasteiger partial charge is 0.462 e. The summed E-state index contributed by atoms with van der Waals surface area (Å²) in [6, 6.07) is 15.6. The molecule has 2 aromatic carbocycles. The van der Waals surface area contributed by atoms with Crippen molar-refractivity contribution in [1.29, 1.82) is 0 Å². The zero-order valence-electron chi connectivity index (χ0n) is 26.1. The van der Waals surface area contributed by atoms with Crippen molar-refractivity contribution in [3.63, 3.8) is 0 Å². The zero-order chi connectivity index (χ0) is 31.6. The Morgan fingerprint density at radius 1 is 0.977 bits per heavy atom. The topological polar surface area (TPSA) is 112 Å². The summed E-state index contributed by atoms with van der Waals surface area (Å²) in [5.74, 6) is -0.675. The highest BCUT2D eigenvalue weighted by Gasteiger charge is 2.44. The normalized spacial score (nSPS) is 17.6. The van der Waals surface area contributed by atoms with E-state index in [1.165, 1.54) is 21.6 Å². The Bertz CT molecular complexity index is 1480. The smallest absolute Gasteiger partial charge is 0.410 e. The third kappa shape index (κ3) is 6.42. The van der Waals surface area contributed by atoms with Gasteiger partial charge in [0, 0.05) is 32.8 Å². The van der Waals surface area contributed by atoms with Crippen molar-refractivity contribution in [1.82, 2.24) is 19.6 Å². The van der Waals surface area contributed by atoms with Crippen molar-refractivity contribution >= 4 is 18.2 Å². The van der Waals surface area contributed by atoms with Gasteiger partial charge in [-0.05, 0) is 49.9 Å². The first-order valence-electron chi connectivity index (χ1n) is 14.8. The minimum absolute atomic E-state index is 0.0572. The molecule has 44 heavy (non-hydrogen) atoms. The molecule has 0 saturated carbocycles. The van der Waals surface area contributed by atoms with E-state index in [-0.39, 0.29) is 44.3 Å². The van der Waals surface area contributed by atoms with E-state index in [1.807, 2.05) is 24.3 Å². The first kappa shape index (κ1) is 31.1. The number of amides is 2. The van der Waals surface area contributed by atoms with Gasteiger partial charge in [-0.1, -0.05) is 48.5 Å². The van der Waals surface area contributed by atoms with Gasteiger partial charge in [-0.3, -0.25) is 9.58 Å². The fourth-order valence-electron chi connectivity index (χ4n) is 5.95. The number of rotatable bonds is 8. The molecule has 0 unspecified atom stereocenters. The van der Waals surface area contributed by atoms with Crippen molar-refractivity contribution < 1.29 is 33.3 Å². The molecule has 3 aromatic rings. The number of aryl methyl sites for hydroxylation is 1. The fourth-order valence-corrected chi connectivity index (χ4v) is 5.95. The van der Waals surface area contributed by atoms with Crippen LogP contribution >= 0.6 is 0 Å². The number of likely N-dealkylation sites (tertiary alicyclic amines) is 1. The van der Waals surface area contributed by atoms with Crippen molar-refractivity contribution in [2.75, 3.05) is 33.4 Å². The minimum Gasteiger partial charge on any atom is -0.462 e. The molecule has 5 rings (SSSR count). The average molecular weight is 605 g/mol. The number of methoxy groups -OCH3 is 1. The highest BCUT2D eigenvalue weighted by Crippen LogP contribution is 2.44. The quantitative estimate of drug-likeness (QED) is 0.261. The Morgan fingerprint density at radius 3 is 2.20 bits per heavy atom. The van der Waals surface area contributed by atoms with Crippen LogP contribution in [-0.2, 0) is 32.5 Å². The molecular weight excluding hydrogens is 564 g/mol. The number of ether oxygens (including phenoxy) is 4. The van der Waals surface area contributed by atoms with E-state index in [1.54, 1.807) is 40.9 Å². The van der Waals surface area contributed by atoms with Crippen LogP contribution in [0.5, 0.6) is 0 Å². The molecular formula is C33H40N4O7. The third-order valence-corrected chi connectivity index (χ3v) is 7.88. The van der Waals surface area contributed by atoms with Gasteiger partial charge in [0.1, 0.15) is 17.8 Å². The standard InChI is InChI=1S/C33H40N4O7/c1-7-42-30(38)25-16-35(5)34-27(25)17-37(28-18-36(19-29(28)41-6)31(39)44-33(2,3)4)32(40)43-20-26-23-14-10-8-12-21(23)22-13-9-11-15-24(22)26/h8-16,26,28-29H,7,17-20H2,1-6H3/t28-,29-/m1/s1. The monoisotopic (exact) mass is 604 g/mol. The average Bonchev–Trinajstić information content (AvgIpc) is 3.67. The summed E-state index contributed by atoms with van der Waals surface area (Å²) in [7, 11) is 3.23. The zero-order valence-corrected chi connectivity index (χ0v) is 26.1. The molecule has 1 saturated heterocycles. The molecule has 0 N–H and O–H groups in total. The van der Waals surface area contributed by atoms with Crippen LogP contribution in [-0.4, -0.2) is 88.9 Å². The molecule has 2 atom stereocenters. The maximum atomic E-state index is 14.1. The Kier molecular flexibility index (Phi) is 8.96. The Labute approximate surface area is 257 Å². The van der Waals surface area contributed by atoms with Gasteiger partial charge in [0.05, 0.1) is 37.5 Å². The van der Waals surface area contributed by atoms with Crippen LogP contribution in [0.15, 0.2) is 54.7 Å². The molecule has 2 amide bonds. The molecule has 11 heteroatoms. The van der Waals surface area contributed by atoms with Gasteiger partial charge in [0.2, 0.25) is 0 Å². The van der Waals surface area contributed by atoms with Crippen molar-refractivity contribution in [2.45, 2.75) is 57.9 Å². The van der Waals surface area contributed by atoms with E-state index >= 15 is 0 Å². The summed E-state index contributed by atoms with van der Waals surface area (Å²) in [4.78, 5) is 42.9. The second-order valence-electron chi connectivity index (χ2n) is 12.0. The van der Waals surface area contributed by atoms with E-state index in [0.717, 1.165) is 22.3 Å². The molecule has 2 aliphatic rings. The Hall–Kier alpha value is -4.38. The number of aromatic nitrogens is 2. The Balaban J connectivity index is 1.43. The van der Waals surface area contributed by atoms with Gasteiger partial charge in [-0.25, -0.2) is 14.4 Å². The molecule has 0 bridgehead atoms. The van der Waals surface area contributed by atoms with Gasteiger partial charge in [0.15, 0.2) is 0 Å². The maximum absolute atomic E-state index is 14.1. The summed E-state index contributed by atoms with van der Waals surface area (Å²) >= 11 is 0. The fraction of sp³-hybridized carbons (Fsp3) is 0.455. The lowest BCUT2D eigenvalue weighted by atomic mass is 9.98. The lowest BCUT2D eigenvalue weighted by Gasteiger charge is -2.31. The van der Waals surface area contributed by atoms with E-state index in [4.69, 9.17) is 18.9 Å². The molecule has 1 fully saturated rings. The number of hydrogen-bond acceptors (Lipinski definition) is 8. The highest BCUT2D eigenvalue weighted by molar-refractivity contribution is 5.90. The maximum Gasteiger partial charge on any atom is 0.410 e. The number of carbonyl (C=O) groups is 3. The SMILES string of the molecule is CCOC(=O)c1cn(C)nc1CN(C(=O)OCC1c2ccccc2-c2ccccc21)[C@@H]1CN(C(=O)OC(C)(C)C)C[C@H]1OC. The van der Waals surface area contributed by atoms with Crippen LogP contribution in [0.3, 0.4) is 0 Å². The first-order chi connectivity index (χ1) is 21.0. The lowest BCUT2D eigenvalue weighted by molar-refractivity contribution is 0.0234. The number of nitrogens with zero attached hydrogens (tertiary/aromatic N) is 4. The number of benzene rings is 2. The summed E-state index contributed by atoms with van der Waals surface area (Å²) < 4.78 is 24.2. The Morgan fingerprint density at radius 2 is 1.61 bits per heavy atom. The molecule has 2 heterocycles. The number of fused-ring (bicyclic) bond motifs is 3. The van der Waals surface area contributed by atoms with Crippen LogP contribution in [0.25, 0.3) is 11.1 Å². The first-order valence-corrected chi connectivity index (χ1v) is 14.8. The second kappa shape index (κ2) is 12.7. The highest BCUT2D eigenvalue weighted by atomic mass is 16.6. The molecule has 234 valence electrons. The summed E-state index contributed by atoms with van der Waals surface area (Å²) in [5, 5.41) is 4.48. The number of esters is 1. The van der Waals surface area contributed by atoms with Gasteiger partial charge in [-0.2, -0.15) is 5.10 Å².